The van der Waals surface area contributed by atoms with Crippen LogP contribution in [0.5, 0.6) is 0 Å². The van der Waals surface area contributed by atoms with E-state index in [9.17, 15) is 8.78 Å². The van der Waals surface area contributed by atoms with E-state index in [0.717, 1.165) is 30.0 Å². The summed E-state index contributed by atoms with van der Waals surface area (Å²) < 4.78 is 26.6. The second kappa shape index (κ2) is 4.89. The number of halogens is 2. The summed E-state index contributed by atoms with van der Waals surface area (Å²) in [5.41, 5.74) is 6.37. The first kappa shape index (κ1) is 12.8. The molecule has 2 rings (SSSR count). The van der Waals surface area contributed by atoms with Gasteiger partial charge in [0.15, 0.2) is 0 Å². The predicted octanol–water partition coefficient (Wildman–Crippen LogP) is 3.11. The van der Waals surface area contributed by atoms with E-state index >= 15 is 0 Å². The van der Waals surface area contributed by atoms with Crippen LogP contribution in [0.15, 0.2) is 28.1 Å². The van der Waals surface area contributed by atoms with Gasteiger partial charge in [-0.1, -0.05) is 11.8 Å². The number of benzene rings is 1. The quantitative estimate of drug-likeness (QED) is 0.849. The molecule has 1 heterocycles. The van der Waals surface area contributed by atoms with Crippen LogP contribution in [0.3, 0.4) is 0 Å². The Morgan fingerprint density at radius 2 is 1.89 bits per heavy atom. The lowest BCUT2D eigenvalue weighted by Crippen LogP contribution is -2.01. The van der Waals surface area contributed by atoms with Crippen molar-refractivity contribution in [2.75, 3.05) is 5.73 Å². The Morgan fingerprint density at radius 3 is 2.61 bits per heavy atom. The topological polar surface area (TPSA) is 51.8 Å². The van der Waals surface area contributed by atoms with Gasteiger partial charge in [-0.15, -0.1) is 0 Å². The Kier molecular flexibility index (Phi) is 3.47. The first-order valence-electron chi connectivity index (χ1n) is 5.21. The summed E-state index contributed by atoms with van der Waals surface area (Å²) in [7, 11) is 0. The molecule has 0 unspecified atom stereocenters. The van der Waals surface area contributed by atoms with Crippen LogP contribution in [0.25, 0.3) is 0 Å². The molecule has 1 aromatic heterocycles. The fourth-order valence-electron chi connectivity index (χ4n) is 1.38. The fraction of sp³-hybridized carbons (Fsp3) is 0.167. The third-order valence-electron chi connectivity index (χ3n) is 2.35. The number of hydrogen-bond acceptors (Lipinski definition) is 4. The third kappa shape index (κ3) is 2.59. The zero-order valence-electron chi connectivity index (χ0n) is 9.87. The molecule has 0 radical (unpaired) electrons. The van der Waals surface area contributed by atoms with Crippen LogP contribution in [0, 0.1) is 25.5 Å². The Bertz CT molecular complexity index is 602. The lowest BCUT2D eigenvalue weighted by atomic mass is 10.3. The molecule has 0 saturated heterocycles. The first-order valence-corrected chi connectivity index (χ1v) is 6.02. The molecule has 0 spiro atoms. The molecule has 0 bridgehead atoms. The average Bonchev–Trinajstić information content (AvgIpc) is 2.30. The van der Waals surface area contributed by atoms with Crippen molar-refractivity contribution in [3.05, 3.63) is 41.2 Å². The largest absolute Gasteiger partial charge is 0.383 e. The summed E-state index contributed by atoms with van der Waals surface area (Å²) in [5.74, 6) is -0.134. The molecule has 1 aromatic carbocycles. The van der Waals surface area contributed by atoms with Crippen molar-refractivity contribution >= 4 is 17.6 Å². The summed E-state index contributed by atoms with van der Waals surface area (Å²) in [5, 5.41) is 0.532. The molecule has 6 heteroatoms. The Morgan fingerprint density at radius 1 is 1.17 bits per heavy atom. The number of aryl methyl sites for hydroxylation is 1. The lowest BCUT2D eigenvalue weighted by molar-refractivity contribution is 0.577. The third-order valence-corrected chi connectivity index (χ3v) is 3.47. The second-order valence-corrected chi connectivity index (χ2v) is 4.79. The monoisotopic (exact) mass is 267 g/mol. The molecule has 0 aliphatic rings. The van der Waals surface area contributed by atoms with Gasteiger partial charge in [-0.25, -0.2) is 18.7 Å². The summed E-state index contributed by atoms with van der Waals surface area (Å²) in [4.78, 5) is 8.36. The van der Waals surface area contributed by atoms with Gasteiger partial charge in [0.2, 0.25) is 0 Å². The molecule has 0 atom stereocenters. The molecular weight excluding hydrogens is 256 g/mol. The van der Waals surface area contributed by atoms with Gasteiger partial charge in [0.1, 0.15) is 28.3 Å². The minimum absolute atomic E-state index is 0.176. The van der Waals surface area contributed by atoms with E-state index in [1.54, 1.807) is 13.8 Å². The summed E-state index contributed by atoms with van der Waals surface area (Å²) in [6.07, 6.45) is 0. The fourth-order valence-corrected chi connectivity index (χ4v) is 2.36. The second-order valence-electron chi connectivity index (χ2n) is 3.76. The van der Waals surface area contributed by atoms with E-state index in [4.69, 9.17) is 5.73 Å². The van der Waals surface area contributed by atoms with Crippen molar-refractivity contribution < 1.29 is 8.78 Å². The van der Waals surface area contributed by atoms with Crippen molar-refractivity contribution in [2.45, 2.75) is 23.8 Å². The molecule has 0 amide bonds. The van der Waals surface area contributed by atoms with Gasteiger partial charge in [-0.3, -0.25) is 0 Å². The summed E-state index contributed by atoms with van der Waals surface area (Å²) >= 11 is 1.04. The van der Waals surface area contributed by atoms with Crippen LogP contribution in [0.2, 0.25) is 0 Å². The van der Waals surface area contributed by atoms with Crippen molar-refractivity contribution in [3.8, 4) is 0 Å². The van der Waals surface area contributed by atoms with Crippen LogP contribution in [0.4, 0.5) is 14.6 Å². The zero-order chi connectivity index (χ0) is 13.3. The van der Waals surface area contributed by atoms with Crippen LogP contribution in [-0.4, -0.2) is 9.97 Å². The molecule has 0 saturated carbocycles. The first-order chi connectivity index (χ1) is 8.47. The van der Waals surface area contributed by atoms with E-state index in [2.05, 4.69) is 9.97 Å². The molecule has 0 aliphatic carbocycles. The van der Waals surface area contributed by atoms with Gasteiger partial charge in [-0.2, -0.15) is 0 Å². The predicted molar refractivity (Wildman–Crippen MR) is 66.4 cm³/mol. The highest BCUT2D eigenvalue weighted by molar-refractivity contribution is 7.99. The summed E-state index contributed by atoms with van der Waals surface area (Å²) in [6, 6.07) is 3.29. The molecule has 0 aliphatic heterocycles. The van der Waals surface area contributed by atoms with E-state index in [0.29, 0.717) is 22.2 Å². The van der Waals surface area contributed by atoms with Crippen LogP contribution in [-0.2, 0) is 0 Å². The highest BCUT2D eigenvalue weighted by atomic mass is 32.2. The highest BCUT2D eigenvalue weighted by Crippen LogP contribution is 2.32. The molecule has 0 fully saturated rings. The number of anilines is 1. The molecular formula is C12H11F2N3S. The van der Waals surface area contributed by atoms with Gasteiger partial charge < -0.3 is 5.73 Å². The van der Waals surface area contributed by atoms with Gasteiger partial charge in [0, 0.05) is 5.56 Å². The molecule has 2 aromatic rings. The number of hydrogen-bond donors (Lipinski definition) is 1. The van der Waals surface area contributed by atoms with Crippen LogP contribution < -0.4 is 5.73 Å². The molecule has 2 N–H and O–H groups in total. The minimum Gasteiger partial charge on any atom is -0.383 e. The lowest BCUT2D eigenvalue weighted by Gasteiger charge is -2.08. The van der Waals surface area contributed by atoms with Crippen LogP contribution in [0.1, 0.15) is 11.4 Å². The van der Waals surface area contributed by atoms with Gasteiger partial charge in [0.05, 0.1) is 4.90 Å². The zero-order valence-corrected chi connectivity index (χ0v) is 10.7. The van der Waals surface area contributed by atoms with E-state index < -0.39 is 11.6 Å². The summed E-state index contributed by atoms with van der Waals surface area (Å²) in [6.45, 7) is 3.44. The average molecular weight is 267 g/mol. The van der Waals surface area contributed by atoms with Crippen LogP contribution >= 0.6 is 11.8 Å². The van der Waals surface area contributed by atoms with Crippen molar-refractivity contribution in [2.24, 2.45) is 0 Å². The van der Waals surface area contributed by atoms with Gasteiger partial charge in [-0.05, 0) is 32.0 Å². The van der Waals surface area contributed by atoms with Gasteiger partial charge >= 0.3 is 0 Å². The maximum atomic E-state index is 13.5. The van der Waals surface area contributed by atoms with Crippen molar-refractivity contribution in [1.29, 1.82) is 0 Å². The number of aromatic nitrogens is 2. The molecule has 94 valence electrons. The SMILES string of the molecule is Cc1nc(N)c(C)c(Sc2cc(F)ccc2F)n1. The van der Waals surface area contributed by atoms with Gasteiger partial charge in [0.25, 0.3) is 0 Å². The van der Waals surface area contributed by atoms with Crippen molar-refractivity contribution in [1.82, 2.24) is 9.97 Å². The Labute approximate surface area is 107 Å². The minimum atomic E-state index is -0.490. The smallest absolute Gasteiger partial charge is 0.137 e. The van der Waals surface area contributed by atoms with E-state index in [1.807, 2.05) is 0 Å². The van der Waals surface area contributed by atoms with Crippen molar-refractivity contribution in [3.63, 3.8) is 0 Å². The maximum Gasteiger partial charge on any atom is 0.137 e. The maximum absolute atomic E-state index is 13.5. The molecule has 18 heavy (non-hydrogen) atoms. The highest BCUT2D eigenvalue weighted by Gasteiger charge is 2.12. The number of rotatable bonds is 2. The van der Waals surface area contributed by atoms with E-state index in [-0.39, 0.29) is 4.90 Å². The number of nitrogens with zero attached hydrogens (tertiary/aromatic N) is 2. The Balaban J connectivity index is 2.43. The van der Waals surface area contributed by atoms with E-state index in [1.165, 1.54) is 0 Å². The number of nitrogen functional groups attached to an aromatic ring is 1. The molecule has 3 nitrogen and oxygen atoms in total. The standard InChI is InChI=1S/C12H11F2N3S/c1-6-11(15)16-7(2)17-12(6)18-10-5-8(13)3-4-9(10)14/h3-5H,1-2H3,(H2,15,16,17). The normalized spacial score (nSPS) is 10.7. The number of nitrogens with two attached hydrogens (primary N) is 1. The Hall–Kier alpha value is -1.69.